The van der Waals surface area contributed by atoms with Gasteiger partial charge < -0.3 is 5.73 Å². The van der Waals surface area contributed by atoms with Gasteiger partial charge in [-0.1, -0.05) is 0 Å². The Morgan fingerprint density at radius 1 is 1.40 bits per heavy atom. The number of halogens is 1. The van der Waals surface area contributed by atoms with Crippen LogP contribution in [-0.4, -0.2) is 11.8 Å². The van der Waals surface area contributed by atoms with Crippen LogP contribution in [0.25, 0.3) is 0 Å². The highest BCUT2D eigenvalue weighted by Gasteiger charge is 2.31. The average Bonchev–Trinajstić information content (AvgIpc) is 2.12. The molecule has 10 heavy (non-hydrogen) atoms. The summed E-state index contributed by atoms with van der Waals surface area (Å²) in [4.78, 5) is 0. The van der Waals surface area contributed by atoms with Crippen LogP contribution in [0, 0.1) is 10.2 Å². The molecule has 6 nitrogen and oxygen atoms in total. The monoisotopic (exact) mass is 170 g/mol. The van der Waals surface area contributed by atoms with Crippen LogP contribution in [0.2, 0.25) is 0 Å². The lowest BCUT2D eigenvalue weighted by Gasteiger charge is -2.17. The Bertz CT molecular complexity index is 127. The summed E-state index contributed by atoms with van der Waals surface area (Å²) in [6.45, 7) is 0. The van der Waals surface area contributed by atoms with Gasteiger partial charge in [0.2, 0.25) is 0 Å². The van der Waals surface area contributed by atoms with Gasteiger partial charge in [-0.15, -0.1) is 10.2 Å². The first-order chi connectivity index (χ1) is 4.30. The summed E-state index contributed by atoms with van der Waals surface area (Å²) in [5, 5.41) is 5.16. The fourth-order valence-electron chi connectivity index (χ4n) is 0.195. The molecule has 1 aliphatic rings. The molecule has 60 valence electrons. The van der Waals surface area contributed by atoms with Crippen molar-refractivity contribution in [2.75, 3.05) is 0 Å². The Morgan fingerprint density at radius 2 is 1.50 bits per heavy atom. The second-order valence-corrected chi connectivity index (χ2v) is 2.52. The number of nitrogens with two attached hydrogens (primary N) is 2. The standard InChI is InChI=1S/C3H6N2.ClHO4/c4-2-1-3(2)5;2-1(3,4)5/h2,5H,1,4H2;(H,2,3,4,5). The van der Waals surface area contributed by atoms with Crippen LogP contribution in [0.4, 0.5) is 0 Å². The summed E-state index contributed by atoms with van der Waals surface area (Å²) < 4.78 is 34.0. The van der Waals surface area contributed by atoms with E-state index in [-0.39, 0.29) is 6.04 Å². The molecule has 1 aliphatic carbocycles. The summed E-state index contributed by atoms with van der Waals surface area (Å²) in [6, 6.07) is 0.245. The van der Waals surface area contributed by atoms with Crippen molar-refractivity contribution in [1.29, 1.82) is 0 Å². The number of hydrogen-bond acceptors (Lipinski definition) is 5. The minimum absolute atomic E-state index is 0.245. The summed E-state index contributed by atoms with van der Waals surface area (Å²) in [6.07, 6.45) is 0.944. The molecule has 0 aromatic heterocycles. The molecule has 4 N–H and O–H groups in total. The maximum Gasteiger partial charge on any atom is 0.168 e. The van der Waals surface area contributed by atoms with Crippen molar-refractivity contribution in [2.24, 2.45) is 5.73 Å². The van der Waals surface area contributed by atoms with E-state index in [2.05, 4.69) is 0 Å². The number of hydrogen-bond donors (Lipinski definition) is 2. The molecule has 0 aromatic carbocycles. The van der Waals surface area contributed by atoms with Gasteiger partial charge in [0.1, 0.15) is 0 Å². The van der Waals surface area contributed by atoms with E-state index in [9.17, 15) is 0 Å². The molecule has 0 radical (unpaired) electrons. The van der Waals surface area contributed by atoms with Gasteiger partial charge in [-0.2, -0.15) is 0 Å². The van der Waals surface area contributed by atoms with Gasteiger partial charge in [0, 0.05) is 0 Å². The van der Waals surface area contributed by atoms with Crippen molar-refractivity contribution < 1.29 is 34.3 Å². The van der Waals surface area contributed by atoms with Crippen LogP contribution in [0.5, 0.6) is 0 Å². The molecule has 1 rings (SSSR count). The lowest BCUT2D eigenvalue weighted by Crippen LogP contribution is -2.68. The molecule has 1 fully saturated rings. The molecule has 7 heteroatoms. The Kier molecular flexibility index (Phi) is 3.16. The predicted octanol–water partition coefficient (Wildman–Crippen LogP) is -6.84. The van der Waals surface area contributed by atoms with Crippen LogP contribution >= 0.6 is 0 Å². The molecular weight excluding hydrogens is 163 g/mol. The highest BCUT2D eigenvalue weighted by molar-refractivity contribution is 5.99. The van der Waals surface area contributed by atoms with Crippen molar-refractivity contribution >= 4 is 5.71 Å². The quantitative estimate of drug-likeness (QED) is 0.371. The zero-order chi connectivity index (χ0) is 8.36. The minimum Gasteiger partial charge on any atom is -0.319 e. The third-order valence-electron chi connectivity index (χ3n) is 0.772. The topological polar surface area (TPSA) is 144 Å². The van der Waals surface area contributed by atoms with Gasteiger partial charge >= 0.3 is 0 Å². The molecular formula is C3H7ClN2O4. The first-order valence-electron chi connectivity index (χ1n) is 2.29. The largest absolute Gasteiger partial charge is 0.319 e. The van der Waals surface area contributed by atoms with E-state index in [0.29, 0.717) is 0 Å². The Labute approximate surface area is 59.1 Å². The van der Waals surface area contributed by atoms with Crippen molar-refractivity contribution in [3.05, 3.63) is 0 Å². The van der Waals surface area contributed by atoms with Crippen molar-refractivity contribution in [3.8, 4) is 0 Å². The summed E-state index contributed by atoms with van der Waals surface area (Å²) in [5.74, 6) is 0. The van der Waals surface area contributed by atoms with E-state index in [1.807, 2.05) is 0 Å². The van der Waals surface area contributed by atoms with E-state index in [1.54, 1.807) is 0 Å². The summed E-state index contributed by atoms with van der Waals surface area (Å²) >= 11 is 0. The minimum atomic E-state index is -4.94. The first-order valence-corrected chi connectivity index (χ1v) is 3.52. The Morgan fingerprint density at radius 3 is 1.50 bits per heavy atom. The van der Waals surface area contributed by atoms with Crippen molar-refractivity contribution in [1.82, 2.24) is 0 Å². The lowest BCUT2D eigenvalue weighted by atomic mass is 10.8. The average molecular weight is 171 g/mol. The highest BCUT2D eigenvalue weighted by Crippen LogP contribution is 2.04. The smallest absolute Gasteiger partial charge is 0.168 e. The van der Waals surface area contributed by atoms with E-state index < -0.39 is 10.2 Å². The zero-order valence-electron chi connectivity index (χ0n) is 4.95. The highest BCUT2D eigenvalue weighted by atomic mass is 35.7. The van der Waals surface area contributed by atoms with Gasteiger partial charge in [-0.25, -0.2) is 18.6 Å². The summed E-state index contributed by atoms with van der Waals surface area (Å²) in [5.41, 5.74) is 6.15. The Hall–Kier alpha value is -0.240. The molecule has 0 heterocycles. The second kappa shape index (κ2) is 3.24. The zero-order valence-corrected chi connectivity index (χ0v) is 5.71. The van der Waals surface area contributed by atoms with Crippen molar-refractivity contribution in [2.45, 2.75) is 12.5 Å². The van der Waals surface area contributed by atoms with Crippen LogP contribution < -0.4 is 29.8 Å². The van der Waals surface area contributed by atoms with Gasteiger partial charge in [0.15, 0.2) is 5.71 Å². The van der Waals surface area contributed by atoms with Crippen LogP contribution in [0.15, 0.2) is 0 Å². The number of rotatable bonds is 0. The van der Waals surface area contributed by atoms with Crippen LogP contribution in [-0.2, 0) is 0 Å². The normalized spacial score (nSPS) is 23.3. The van der Waals surface area contributed by atoms with E-state index in [0.717, 1.165) is 12.1 Å². The second-order valence-electron chi connectivity index (χ2n) is 1.76. The predicted molar refractivity (Wildman–Crippen MR) is 19.5 cm³/mol. The van der Waals surface area contributed by atoms with E-state index in [1.165, 1.54) is 0 Å². The van der Waals surface area contributed by atoms with Gasteiger partial charge in [0.05, 0.1) is 12.5 Å². The third kappa shape index (κ3) is 10.7. The molecule has 0 aliphatic heterocycles. The van der Waals surface area contributed by atoms with Crippen LogP contribution in [0.3, 0.4) is 0 Å². The van der Waals surface area contributed by atoms with Gasteiger partial charge in [-0.3, -0.25) is 5.41 Å². The van der Waals surface area contributed by atoms with Crippen LogP contribution in [0.1, 0.15) is 6.42 Å². The molecule has 1 unspecified atom stereocenters. The molecule has 0 saturated heterocycles. The summed E-state index contributed by atoms with van der Waals surface area (Å²) in [7, 11) is -4.94. The maximum absolute atomic E-state index is 8.49. The molecule has 0 aromatic rings. The third-order valence-corrected chi connectivity index (χ3v) is 0.772. The van der Waals surface area contributed by atoms with E-state index in [4.69, 9.17) is 29.8 Å². The van der Waals surface area contributed by atoms with Gasteiger partial charge in [-0.05, 0) is 0 Å². The van der Waals surface area contributed by atoms with E-state index >= 15 is 0 Å². The SMILES string of the molecule is NC1CC1=[NH2+].[O-][Cl+3]([O-])([O-])[O-]. The molecule has 1 atom stereocenters. The maximum atomic E-state index is 8.49. The van der Waals surface area contributed by atoms with Crippen molar-refractivity contribution in [3.63, 3.8) is 0 Å². The Balaban J connectivity index is 0.000000162. The molecule has 0 spiro atoms. The fraction of sp³-hybridized carbons (Fsp3) is 0.667. The molecule has 1 saturated carbocycles. The molecule has 0 amide bonds. The first kappa shape index (κ1) is 9.76. The fourth-order valence-corrected chi connectivity index (χ4v) is 0.195. The van der Waals surface area contributed by atoms with Gasteiger partial charge in [0.25, 0.3) is 0 Å². The molecule has 0 bridgehead atoms. The lowest BCUT2D eigenvalue weighted by molar-refractivity contribution is -2.00.